The van der Waals surface area contributed by atoms with Crippen molar-refractivity contribution in [1.29, 1.82) is 0 Å². The lowest BCUT2D eigenvalue weighted by Gasteiger charge is -2.33. The van der Waals surface area contributed by atoms with E-state index in [9.17, 15) is 19.5 Å². The number of rotatable bonds is 4. The Morgan fingerprint density at radius 2 is 2.09 bits per heavy atom. The lowest BCUT2D eigenvalue weighted by Crippen LogP contribution is -2.51. The minimum atomic E-state index is -0.815. The zero-order chi connectivity index (χ0) is 17.0. The van der Waals surface area contributed by atoms with E-state index in [0.29, 0.717) is 17.4 Å². The zero-order valence-corrected chi connectivity index (χ0v) is 13.9. The van der Waals surface area contributed by atoms with E-state index in [1.165, 1.54) is 17.0 Å². The predicted molar refractivity (Wildman–Crippen MR) is 84.6 cm³/mol. The van der Waals surface area contributed by atoms with Crippen molar-refractivity contribution in [2.45, 2.75) is 25.3 Å². The summed E-state index contributed by atoms with van der Waals surface area (Å²) in [4.78, 5) is 36.9. The van der Waals surface area contributed by atoms with Gasteiger partial charge in [0.2, 0.25) is 5.91 Å². The van der Waals surface area contributed by atoms with Gasteiger partial charge in [0.25, 0.3) is 5.91 Å². The third kappa shape index (κ3) is 4.22. The number of nitrogens with zero attached hydrogens (tertiary/aromatic N) is 1. The van der Waals surface area contributed by atoms with E-state index in [1.54, 1.807) is 6.07 Å². The maximum Gasteiger partial charge on any atom is 0.342 e. The average molecular weight is 385 g/mol. The molecule has 0 unspecified atom stereocenters. The Kier molecular flexibility index (Phi) is 5.59. The second kappa shape index (κ2) is 7.45. The summed E-state index contributed by atoms with van der Waals surface area (Å²) in [6, 6.07) is 3.66. The van der Waals surface area contributed by atoms with Crippen LogP contribution in [0.3, 0.4) is 0 Å². The van der Waals surface area contributed by atoms with E-state index in [4.69, 9.17) is 10.5 Å². The molecule has 23 heavy (non-hydrogen) atoms. The summed E-state index contributed by atoms with van der Waals surface area (Å²) in [5.74, 6) is -2.09. The van der Waals surface area contributed by atoms with Crippen molar-refractivity contribution in [3.05, 3.63) is 28.2 Å². The van der Waals surface area contributed by atoms with Crippen molar-refractivity contribution >= 4 is 33.7 Å². The van der Waals surface area contributed by atoms with Crippen LogP contribution in [-0.4, -0.2) is 47.0 Å². The van der Waals surface area contributed by atoms with Gasteiger partial charge in [-0.3, -0.25) is 9.59 Å². The number of nitrogens with two attached hydrogens (primary N) is 1. The number of piperidine rings is 1. The molecule has 0 spiro atoms. The number of esters is 1. The van der Waals surface area contributed by atoms with Crippen LogP contribution in [0, 0.1) is 0 Å². The Labute approximate surface area is 141 Å². The summed E-state index contributed by atoms with van der Waals surface area (Å²) in [7, 11) is 0. The number of aromatic hydroxyl groups is 1. The number of amides is 2. The standard InChI is InChI=1S/C15H17BrN2O5/c16-9-4-5-12(19)10(7-9)15(22)23-8-13(20)18-6-2-1-3-11(18)14(17)21/h4-5,7,11,19H,1-3,6,8H2,(H2,17,21)/t11-/m1/s1. The summed E-state index contributed by atoms with van der Waals surface area (Å²) in [5.41, 5.74) is 5.26. The van der Waals surface area contributed by atoms with Gasteiger partial charge in [-0.25, -0.2) is 4.79 Å². The van der Waals surface area contributed by atoms with Gasteiger partial charge in [0, 0.05) is 11.0 Å². The summed E-state index contributed by atoms with van der Waals surface area (Å²) in [5, 5.41) is 9.66. The Morgan fingerprint density at radius 3 is 2.78 bits per heavy atom. The molecule has 0 saturated carbocycles. The highest BCUT2D eigenvalue weighted by atomic mass is 79.9. The molecule has 1 heterocycles. The van der Waals surface area contributed by atoms with E-state index in [1.807, 2.05) is 0 Å². The van der Waals surface area contributed by atoms with Gasteiger partial charge in [-0.05, 0) is 37.5 Å². The molecule has 3 N–H and O–H groups in total. The molecule has 1 aromatic carbocycles. The minimum absolute atomic E-state index is 0.0442. The largest absolute Gasteiger partial charge is 0.507 e. The van der Waals surface area contributed by atoms with Crippen LogP contribution in [-0.2, 0) is 14.3 Å². The van der Waals surface area contributed by atoms with Gasteiger partial charge in [-0.1, -0.05) is 15.9 Å². The summed E-state index contributed by atoms with van der Waals surface area (Å²) < 4.78 is 5.54. The first kappa shape index (κ1) is 17.3. The van der Waals surface area contributed by atoms with Crippen LogP contribution in [0.1, 0.15) is 29.6 Å². The highest BCUT2D eigenvalue weighted by Gasteiger charge is 2.31. The topological polar surface area (TPSA) is 110 Å². The van der Waals surface area contributed by atoms with E-state index >= 15 is 0 Å². The number of hydrogen-bond donors (Lipinski definition) is 2. The lowest BCUT2D eigenvalue weighted by atomic mass is 10.0. The Balaban J connectivity index is 1.99. The molecule has 124 valence electrons. The second-order valence-electron chi connectivity index (χ2n) is 5.24. The number of hydrogen-bond acceptors (Lipinski definition) is 5. The molecule has 1 fully saturated rings. The molecule has 1 saturated heterocycles. The van der Waals surface area contributed by atoms with Gasteiger partial charge in [-0.2, -0.15) is 0 Å². The number of primary amides is 1. The second-order valence-corrected chi connectivity index (χ2v) is 6.15. The van der Waals surface area contributed by atoms with Gasteiger partial charge in [0.05, 0.1) is 0 Å². The van der Waals surface area contributed by atoms with Crippen LogP contribution in [0.2, 0.25) is 0 Å². The fraction of sp³-hybridized carbons (Fsp3) is 0.400. The molecule has 1 aliphatic heterocycles. The average Bonchev–Trinajstić information content (AvgIpc) is 2.54. The van der Waals surface area contributed by atoms with E-state index in [-0.39, 0.29) is 11.3 Å². The number of likely N-dealkylation sites (tertiary alicyclic amines) is 1. The molecule has 1 aliphatic rings. The fourth-order valence-electron chi connectivity index (χ4n) is 2.49. The molecule has 2 rings (SSSR count). The van der Waals surface area contributed by atoms with Crippen molar-refractivity contribution in [2.24, 2.45) is 5.73 Å². The van der Waals surface area contributed by atoms with Crippen LogP contribution >= 0.6 is 15.9 Å². The van der Waals surface area contributed by atoms with Crippen molar-refractivity contribution in [3.63, 3.8) is 0 Å². The molecule has 0 radical (unpaired) electrons. The van der Waals surface area contributed by atoms with Crippen molar-refractivity contribution in [3.8, 4) is 5.75 Å². The number of halogens is 1. The van der Waals surface area contributed by atoms with Gasteiger partial charge >= 0.3 is 5.97 Å². The number of carbonyl (C=O) groups is 3. The molecule has 1 atom stereocenters. The maximum atomic E-state index is 12.2. The van der Waals surface area contributed by atoms with Crippen molar-refractivity contribution < 1.29 is 24.2 Å². The quantitative estimate of drug-likeness (QED) is 0.757. The van der Waals surface area contributed by atoms with E-state index in [2.05, 4.69) is 15.9 Å². The molecule has 0 aromatic heterocycles. The van der Waals surface area contributed by atoms with Gasteiger partial charge < -0.3 is 20.5 Å². The molecule has 1 aromatic rings. The van der Waals surface area contributed by atoms with E-state index < -0.39 is 30.4 Å². The smallest absolute Gasteiger partial charge is 0.342 e. The van der Waals surface area contributed by atoms with Gasteiger partial charge in [-0.15, -0.1) is 0 Å². The molecule has 2 amide bonds. The van der Waals surface area contributed by atoms with Crippen LogP contribution in [0.15, 0.2) is 22.7 Å². The van der Waals surface area contributed by atoms with Crippen molar-refractivity contribution in [2.75, 3.05) is 13.2 Å². The minimum Gasteiger partial charge on any atom is -0.507 e. The van der Waals surface area contributed by atoms with Crippen molar-refractivity contribution in [1.82, 2.24) is 4.90 Å². The highest BCUT2D eigenvalue weighted by molar-refractivity contribution is 9.10. The highest BCUT2D eigenvalue weighted by Crippen LogP contribution is 2.23. The third-order valence-electron chi connectivity index (χ3n) is 3.66. The molecule has 0 bridgehead atoms. The van der Waals surface area contributed by atoms with Gasteiger partial charge in [0.1, 0.15) is 17.4 Å². The van der Waals surface area contributed by atoms with Crippen LogP contribution < -0.4 is 5.73 Å². The predicted octanol–water partition coefficient (Wildman–Crippen LogP) is 1.18. The summed E-state index contributed by atoms with van der Waals surface area (Å²) in [6.45, 7) is -0.0965. The normalized spacial score (nSPS) is 17.6. The SMILES string of the molecule is NC(=O)[C@H]1CCCCN1C(=O)COC(=O)c1cc(Br)ccc1O. The van der Waals surface area contributed by atoms with Gasteiger partial charge in [0.15, 0.2) is 6.61 Å². The summed E-state index contributed by atoms with van der Waals surface area (Å²) in [6.07, 6.45) is 2.11. The van der Waals surface area contributed by atoms with Crippen LogP contribution in [0.25, 0.3) is 0 Å². The fourth-order valence-corrected chi connectivity index (χ4v) is 2.85. The Bertz CT molecular complexity index is 634. The first-order valence-electron chi connectivity index (χ1n) is 7.14. The zero-order valence-electron chi connectivity index (χ0n) is 12.3. The molecular weight excluding hydrogens is 368 g/mol. The Hall–Kier alpha value is -2.09. The van der Waals surface area contributed by atoms with Crippen LogP contribution in [0.5, 0.6) is 5.75 Å². The van der Waals surface area contributed by atoms with E-state index in [0.717, 1.165) is 12.8 Å². The first-order valence-corrected chi connectivity index (χ1v) is 7.94. The number of phenolic OH excluding ortho intramolecular Hbond substituents is 1. The number of carbonyl (C=O) groups excluding carboxylic acids is 3. The number of benzene rings is 1. The Morgan fingerprint density at radius 1 is 1.35 bits per heavy atom. The number of phenols is 1. The lowest BCUT2D eigenvalue weighted by molar-refractivity contribution is -0.143. The monoisotopic (exact) mass is 384 g/mol. The molecular formula is C15H17BrN2O5. The molecule has 7 nitrogen and oxygen atoms in total. The maximum absolute atomic E-state index is 12.2. The molecule has 0 aliphatic carbocycles. The third-order valence-corrected chi connectivity index (χ3v) is 4.15. The van der Waals surface area contributed by atoms with Crippen LogP contribution in [0.4, 0.5) is 0 Å². The summed E-state index contributed by atoms with van der Waals surface area (Å²) >= 11 is 3.19. The first-order chi connectivity index (χ1) is 10.9. The number of ether oxygens (including phenoxy) is 1. The molecule has 8 heteroatoms.